The van der Waals surface area contributed by atoms with Crippen LogP contribution in [0.1, 0.15) is 60.8 Å². The molecule has 37 heavy (non-hydrogen) atoms. The van der Waals surface area contributed by atoms with Gasteiger partial charge in [-0.25, -0.2) is 13.5 Å². The monoisotopic (exact) mass is 526 g/mol. The Morgan fingerprint density at radius 2 is 1.57 bits per heavy atom. The molecule has 0 unspecified atom stereocenters. The van der Waals surface area contributed by atoms with Gasteiger partial charge in [-0.05, 0) is 41.9 Å². The van der Waals surface area contributed by atoms with E-state index in [9.17, 15) is 8.96 Å². The highest BCUT2D eigenvalue weighted by atomic mass is 31.2. The Morgan fingerprint density at radius 3 is 2.14 bits per heavy atom. The first kappa shape index (κ1) is 25.9. The lowest BCUT2D eigenvalue weighted by molar-refractivity contribution is 0.0432. The molecule has 1 fully saturated rings. The van der Waals surface area contributed by atoms with E-state index in [1.807, 2.05) is 67.6 Å². The third-order valence-electron chi connectivity index (χ3n) is 6.92. The molecule has 1 aliphatic carbocycles. The Morgan fingerprint density at radius 1 is 0.973 bits per heavy atom. The summed E-state index contributed by atoms with van der Waals surface area (Å²) in [6, 6.07) is 20.3. The number of phosphoric ester groups is 1. The van der Waals surface area contributed by atoms with Crippen LogP contribution in [-0.4, -0.2) is 13.4 Å². The maximum Gasteiger partial charge on any atom is 0.478 e. The number of phosphoric acid groups is 1. The Bertz CT molecular complexity index is 1200. The lowest BCUT2D eigenvalue weighted by Crippen LogP contribution is -2.11. The van der Waals surface area contributed by atoms with Crippen LogP contribution in [0.4, 0.5) is 4.39 Å². The van der Waals surface area contributed by atoms with E-state index in [0.717, 1.165) is 29.5 Å². The van der Waals surface area contributed by atoms with E-state index >= 15 is 0 Å². The van der Waals surface area contributed by atoms with Crippen molar-refractivity contribution >= 4 is 7.82 Å². The van der Waals surface area contributed by atoms with Crippen LogP contribution in [-0.2, 0) is 31.4 Å². The third-order valence-corrected chi connectivity index (χ3v) is 8.23. The molecule has 0 amide bonds. The molecule has 0 bridgehead atoms. The van der Waals surface area contributed by atoms with Gasteiger partial charge in [0.15, 0.2) is 18.4 Å². The standard InChI is InChI=1S/C29H32FO6P/c1-20-16-32-29-26(30)15-25(21(2)24-13-14-24)28(27(20)29)33-19-36-37(31,34-17-22-9-5-3-6-10-22)35-18-23-11-7-4-8-12-23/h3-12,15,20-21,24H,13-14,16-19H2,1-2H3/t20-,21-/m1/s1. The molecule has 3 aromatic carbocycles. The van der Waals surface area contributed by atoms with Crippen LogP contribution < -0.4 is 9.47 Å². The number of hydrogen-bond donors (Lipinski definition) is 0. The Balaban J connectivity index is 1.34. The molecule has 8 heteroatoms. The molecule has 2 aliphatic rings. The van der Waals surface area contributed by atoms with E-state index < -0.39 is 7.82 Å². The first-order valence-electron chi connectivity index (χ1n) is 12.7. The van der Waals surface area contributed by atoms with Gasteiger partial charge in [-0.2, -0.15) is 0 Å². The topological polar surface area (TPSA) is 63.2 Å². The van der Waals surface area contributed by atoms with Crippen LogP contribution in [0.25, 0.3) is 0 Å². The SMILES string of the molecule is C[C@@H]1COc2c(F)cc([C@H](C)C3CC3)c(OCOP(=O)(OCc3ccccc3)OCc3ccccc3)c21. The minimum Gasteiger partial charge on any atom is -0.489 e. The van der Waals surface area contributed by atoms with Gasteiger partial charge in [0.25, 0.3) is 0 Å². The molecular formula is C29H32FO6P. The normalized spacial score (nSPS) is 17.8. The van der Waals surface area contributed by atoms with Gasteiger partial charge in [0, 0.05) is 17.0 Å². The van der Waals surface area contributed by atoms with Crippen molar-refractivity contribution in [2.24, 2.45) is 5.92 Å². The molecule has 0 spiro atoms. The zero-order chi connectivity index (χ0) is 25.8. The van der Waals surface area contributed by atoms with Crippen LogP contribution in [0.3, 0.4) is 0 Å². The second-order valence-corrected chi connectivity index (χ2v) is 11.4. The Hall–Kier alpha value is -2.70. The van der Waals surface area contributed by atoms with Gasteiger partial charge >= 0.3 is 7.82 Å². The summed E-state index contributed by atoms with van der Waals surface area (Å²) in [4.78, 5) is 0. The van der Waals surface area contributed by atoms with Gasteiger partial charge < -0.3 is 9.47 Å². The quantitative estimate of drug-likeness (QED) is 0.178. The molecule has 1 saturated carbocycles. The molecule has 5 rings (SSSR count). The highest BCUT2D eigenvalue weighted by Crippen LogP contribution is 2.53. The summed E-state index contributed by atoms with van der Waals surface area (Å²) < 4.78 is 57.2. The fraction of sp³-hybridized carbons (Fsp3) is 0.379. The summed E-state index contributed by atoms with van der Waals surface area (Å²) in [7, 11) is -4.01. The lowest BCUT2D eigenvalue weighted by Gasteiger charge is -2.22. The lowest BCUT2D eigenvalue weighted by atomic mass is 9.90. The molecule has 3 aromatic rings. The first-order valence-corrected chi connectivity index (χ1v) is 14.1. The molecule has 0 radical (unpaired) electrons. The summed E-state index contributed by atoms with van der Waals surface area (Å²) in [5.41, 5.74) is 3.14. The predicted octanol–water partition coefficient (Wildman–Crippen LogP) is 7.73. The molecule has 6 nitrogen and oxygen atoms in total. The minimum absolute atomic E-state index is 0.0404. The van der Waals surface area contributed by atoms with E-state index in [0.29, 0.717) is 23.8 Å². The maximum atomic E-state index is 14.9. The Labute approximate surface area is 217 Å². The summed E-state index contributed by atoms with van der Waals surface area (Å²) in [5.74, 6) is 0.960. The van der Waals surface area contributed by atoms with Gasteiger partial charge in [-0.1, -0.05) is 74.5 Å². The van der Waals surface area contributed by atoms with Crippen LogP contribution in [0.2, 0.25) is 0 Å². The zero-order valence-electron chi connectivity index (χ0n) is 21.1. The van der Waals surface area contributed by atoms with Crippen LogP contribution in [0.5, 0.6) is 11.5 Å². The van der Waals surface area contributed by atoms with Gasteiger partial charge in [-0.3, -0.25) is 9.05 Å². The van der Waals surface area contributed by atoms with E-state index in [-0.39, 0.29) is 43.4 Å². The average molecular weight is 527 g/mol. The highest BCUT2D eigenvalue weighted by molar-refractivity contribution is 7.48. The highest BCUT2D eigenvalue weighted by Gasteiger charge is 2.37. The molecule has 0 aromatic heterocycles. The van der Waals surface area contributed by atoms with E-state index in [1.165, 1.54) is 6.07 Å². The summed E-state index contributed by atoms with van der Waals surface area (Å²) in [5, 5.41) is 0. The number of rotatable bonds is 12. The van der Waals surface area contributed by atoms with Crippen molar-refractivity contribution in [2.45, 2.75) is 51.7 Å². The predicted molar refractivity (Wildman–Crippen MR) is 138 cm³/mol. The number of halogens is 1. The first-order chi connectivity index (χ1) is 17.9. The molecule has 2 atom stereocenters. The van der Waals surface area contributed by atoms with Gasteiger partial charge in [0.2, 0.25) is 0 Å². The summed E-state index contributed by atoms with van der Waals surface area (Å²) >= 11 is 0. The number of ether oxygens (including phenoxy) is 2. The number of hydrogen-bond acceptors (Lipinski definition) is 6. The summed E-state index contributed by atoms with van der Waals surface area (Å²) in [6.45, 7) is 4.16. The number of benzene rings is 3. The smallest absolute Gasteiger partial charge is 0.478 e. The zero-order valence-corrected chi connectivity index (χ0v) is 22.0. The molecular weight excluding hydrogens is 494 g/mol. The van der Waals surface area contributed by atoms with Crippen molar-refractivity contribution in [3.8, 4) is 11.5 Å². The second-order valence-electron chi connectivity index (χ2n) is 9.71. The largest absolute Gasteiger partial charge is 0.489 e. The van der Waals surface area contributed by atoms with Crippen LogP contribution in [0.15, 0.2) is 66.7 Å². The van der Waals surface area contributed by atoms with Crippen molar-refractivity contribution in [1.29, 1.82) is 0 Å². The fourth-order valence-electron chi connectivity index (χ4n) is 4.61. The third kappa shape index (κ3) is 6.24. The van der Waals surface area contributed by atoms with Gasteiger partial charge in [0.1, 0.15) is 5.75 Å². The maximum absolute atomic E-state index is 14.9. The second kappa shape index (κ2) is 11.4. The van der Waals surface area contributed by atoms with Gasteiger partial charge in [-0.15, -0.1) is 0 Å². The van der Waals surface area contributed by atoms with Crippen LogP contribution in [0, 0.1) is 11.7 Å². The van der Waals surface area contributed by atoms with Crippen molar-refractivity contribution in [1.82, 2.24) is 0 Å². The van der Waals surface area contributed by atoms with Gasteiger partial charge in [0.05, 0.1) is 19.8 Å². The van der Waals surface area contributed by atoms with E-state index in [2.05, 4.69) is 6.92 Å². The van der Waals surface area contributed by atoms with Crippen molar-refractivity contribution in [3.05, 3.63) is 94.8 Å². The van der Waals surface area contributed by atoms with Crippen LogP contribution >= 0.6 is 7.82 Å². The molecule has 1 aliphatic heterocycles. The van der Waals surface area contributed by atoms with Crippen molar-refractivity contribution in [3.63, 3.8) is 0 Å². The van der Waals surface area contributed by atoms with E-state index in [4.69, 9.17) is 23.0 Å². The average Bonchev–Trinajstić information content (AvgIpc) is 3.70. The molecule has 196 valence electrons. The molecule has 0 saturated heterocycles. The number of fused-ring (bicyclic) bond motifs is 1. The molecule has 1 heterocycles. The van der Waals surface area contributed by atoms with Crippen molar-refractivity contribution in [2.75, 3.05) is 13.4 Å². The van der Waals surface area contributed by atoms with E-state index in [1.54, 1.807) is 0 Å². The summed E-state index contributed by atoms with van der Waals surface area (Å²) in [6.07, 6.45) is 2.22. The molecule has 0 N–H and O–H groups in total. The minimum atomic E-state index is -4.01. The Kier molecular flexibility index (Phi) is 7.96. The fourth-order valence-corrected chi connectivity index (χ4v) is 5.63. The van der Waals surface area contributed by atoms with Crippen molar-refractivity contribution < 1.29 is 32.0 Å².